The summed E-state index contributed by atoms with van der Waals surface area (Å²) in [4.78, 5) is 12.7. The Kier molecular flexibility index (Phi) is 7.01. The molecule has 1 fully saturated rings. The van der Waals surface area contributed by atoms with Gasteiger partial charge in [-0.2, -0.15) is 0 Å². The summed E-state index contributed by atoms with van der Waals surface area (Å²) in [6.07, 6.45) is 2.43. The van der Waals surface area contributed by atoms with E-state index in [2.05, 4.69) is 20.5 Å². The molecule has 2 aliphatic heterocycles. The Balaban J connectivity index is 1.24. The molecule has 0 bridgehead atoms. The van der Waals surface area contributed by atoms with Crippen LogP contribution < -0.4 is 20.1 Å². The number of rotatable bonds is 6. The third-order valence-corrected chi connectivity index (χ3v) is 8.37. The number of hydrogen-bond acceptors (Lipinski definition) is 5. The predicted octanol–water partition coefficient (Wildman–Crippen LogP) is 4.45. The molecule has 0 saturated carbocycles. The Hall–Kier alpha value is -2.92. The molecular weight excluding hydrogens is 514 g/mol. The van der Waals surface area contributed by atoms with Crippen molar-refractivity contribution in [2.45, 2.75) is 43.5 Å². The van der Waals surface area contributed by atoms with E-state index < -0.39 is 16.5 Å². The average Bonchev–Trinajstić information content (AvgIpc) is 3.30. The van der Waals surface area contributed by atoms with E-state index in [0.29, 0.717) is 42.8 Å². The molecule has 37 heavy (non-hydrogen) atoms. The smallest absolute Gasteiger partial charge is 0.320 e. The van der Waals surface area contributed by atoms with E-state index in [9.17, 15) is 9.00 Å². The molecule has 3 heterocycles. The van der Waals surface area contributed by atoms with Gasteiger partial charge in [0.05, 0.1) is 52.3 Å². The molecule has 2 amide bonds. The van der Waals surface area contributed by atoms with E-state index in [1.54, 1.807) is 23.0 Å². The van der Waals surface area contributed by atoms with Gasteiger partial charge in [0.2, 0.25) is 0 Å². The van der Waals surface area contributed by atoms with Gasteiger partial charge in [-0.1, -0.05) is 35.9 Å². The van der Waals surface area contributed by atoms with E-state index >= 15 is 0 Å². The summed E-state index contributed by atoms with van der Waals surface area (Å²) < 4.78 is 28.4. The highest BCUT2D eigenvalue weighted by atomic mass is 35.5. The van der Waals surface area contributed by atoms with Gasteiger partial charge in [-0.15, -0.1) is 5.10 Å². The highest BCUT2D eigenvalue weighted by Gasteiger charge is 2.43. The lowest BCUT2D eigenvalue weighted by Crippen LogP contribution is -2.59. The molecule has 2 aromatic carbocycles. The van der Waals surface area contributed by atoms with Crippen molar-refractivity contribution in [3.05, 3.63) is 70.9 Å². The van der Waals surface area contributed by atoms with Crippen molar-refractivity contribution in [3.63, 3.8) is 0 Å². The van der Waals surface area contributed by atoms with Crippen LogP contribution in [0.2, 0.25) is 5.02 Å². The van der Waals surface area contributed by atoms with Crippen molar-refractivity contribution in [1.82, 2.24) is 19.8 Å². The van der Waals surface area contributed by atoms with Crippen LogP contribution in [0.5, 0.6) is 5.75 Å². The Morgan fingerprint density at radius 1 is 1.16 bits per heavy atom. The Morgan fingerprint density at radius 3 is 2.59 bits per heavy atom. The minimum absolute atomic E-state index is 0.207. The highest BCUT2D eigenvalue weighted by molar-refractivity contribution is 7.84. The summed E-state index contributed by atoms with van der Waals surface area (Å²) in [6, 6.07) is 14.5. The van der Waals surface area contributed by atoms with E-state index in [1.807, 2.05) is 57.2 Å². The Morgan fingerprint density at radius 2 is 1.92 bits per heavy atom. The van der Waals surface area contributed by atoms with E-state index in [-0.39, 0.29) is 16.8 Å². The second kappa shape index (κ2) is 10.1. The number of fused-ring (bicyclic) bond motifs is 1. The van der Waals surface area contributed by atoms with Gasteiger partial charge in [-0.05, 0) is 44.5 Å². The zero-order chi connectivity index (χ0) is 26.2. The minimum atomic E-state index is -1.22. The number of halogens is 1. The number of carbonyl (C=O) groups excluding carboxylic acids is 1. The zero-order valence-corrected chi connectivity index (χ0v) is 22.5. The van der Waals surface area contributed by atoms with Crippen LogP contribution in [0.25, 0.3) is 5.69 Å². The molecule has 1 aromatic heterocycles. The van der Waals surface area contributed by atoms with E-state index in [0.717, 1.165) is 16.8 Å². The largest absolute Gasteiger partial charge is 0.492 e. The zero-order valence-electron chi connectivity index (χ0n) is 20.9. The van der Waals surface area contributed by atoms with Gasteiger partial charge in [0.25, 0.3) is 0 Å². The maximum atomic E-state index is 12.7. The second-order valence-electron chi connectivity index (χ2n) is 10.2. The van der Waals surface area contributed by atoms with Crippen molar-refractivity contribution in [3.8, 4) is 11.4 Å². The van der Waals surface area contributed by atoms with Gasteiger partial charge < -0.3 is 14.8 Å². The molecule has 1 saturated heterocycles. The summed E-state index contributed by atoms with van der Waals surface area (Å²) >= 11 is 6.23. The first-order valence-electron chi connectivity index (χ1n) is 12.1. The van der Waals surface area contributed by atoms with Gasteiger partial charge in [0, 0.05) is 24.2 Å². The number of urea groups is 1. The number of amides is 2. The quantitative estimate of drug-likeness (QED) is 0.426. The third-order valence-electron chi connectivity index (χ3n) is 6.39. The number of hydrogen-bond donors (Lipinski definition) is 3. The van der Waals surface area contributed by atoms with Crippen LogP contribution in [0.1, 0.15) is 44.4 Å². The first-order chi connectivity index (χ1) is 17.6. The molecule has 2 atom stereocenters. The first-order valence-corrected chi connectivity index (χ1v) is 13.6. The fourth-order valence-electron chi connectivity index (χ4n) is 4.24. The lowest BCUT2D eigenvalue weighted by atomic mass is 9.89. The van der Waals surface area contributed by atoms with Gasteiger partial charge in [-0.25, -0.2) is 18.4 Å². The van der Waals surface area contributed by atoms with Crippen LogP contribution in [0.4, 0.5) is 10.6 Å². The first kappa shape index (κ1) is 25.7. The molecule has 196 valence electrons. The van der Waals surface area contributed by atoms with Crippen molar-refractivity contribution in [1.29, 1.82) is 0 Å². The predicted molar refractivity (Wildman–Crippen MR) is 144 cm³/mol. The standard InChI is InChI=1S/C26H30ClN5O4S/c1-25(2,3)37(34)31-26(15-35-16-26)17-7-9-18(10-8-17)32-13-11-22(30-32)29-24(33)28-21-12-14-36-23-19(21)5-4-6-20(23)27/h4-11,13,21,31H,12,14-16H2,1-3H3,(H2,28,29,30,33)/t21-,37?/m0/s1. The van der Waals surface area contributed by atoms with Gasteiger partial charge in [0.1, 0.15) is 11.3 Å². The molecule has 2 aliphatic rings. The van der Waals surface area contributed by atoms with Crippen LogP contribution in [0, 0.1) is 0 Å². The molecule has 5 rings (SSSR count). The summed E-state index contributed by atoms with van der Waals surface area (Å²) in [5.74, 6) is 1.04. The van der Waals surface area contributed by atoms with Crippen molar-refractivity contribution in [2.24, 2.45) is 0 Å². The van der Waals surface area contributed by atoms with Crippen LogP contribution in [0.3, 0.4) is 0 Å². The average molecular weight is 544 g/mol. The number of ether oxygens (including phenoxy) is 2. The van der Waals surface area contributed by atoms with Gasteiger partial charge in [-0.3, -0.25) is 5.32 Å². The van der Waals surface area contributed by atoms with Crippen molar-refractivity contribution in [2.75, 3.05) is 25.1 Å². The molecule has 0 aliphatic carbocycles. The van der Waals surface area contributed by atoms with E-state index in [4.69, 9.17) is 21.1 Å². The van der Waals surface area contributed by atoms with Crippen LogP contribution in [0.15, 0.2) is 54.7 Å². The van der Waals surface area contributed by atoms with Crippen LogP contribution >= 0.6 is 11.6 Å². The molecule has 11 heteroatoms. The van der Waals surface area contributed by atoms with Crippen molar-refractivity contribution < 1.29 is 18.5 Å². The highest BCUT2D eigenvalue weighted by Crippen LogP contribution is 2.37. The maximum absolute atomic E-state index is 12.7. The third kappa shape index (κ3) is 5.38. The normalized spacial score (nSPS) is 19.2. The summed E-state index contributed by atoms with van der Waals surface area (Å²) in [5.41, 5.74) is 2.22. The lowest BCUT2D eigenvalue weighted by molar-refractivity contribution is -0.0659. The molecule has 1 unspecified atom stereocenters. The lowest BCUT2D eigenvalue weighted by Gasteiger charge is -2.43. The fraction of sp³-hybridized carbons (Fsp3) is 0.385. The van der Waals surface area contributed by atoms with Crippen LogP contribution in [-0.2, 0) is 21.3 Å². The summed E-state index contributed by atoms with van der Waals surface area (Å²) in [7, 11) is -1.22. The van der Waals surface area contributed by atoms with E-state index in [1.165, 1.54) is 0 Å². The summed E-state index contributed by atoms with van der Waals surface area (Å²) in [6.45, 7) is 7.21. The number of para-hydroxylation sites is 1. The fourth-order valence-corrected chi connectivity index (χ4v) is 5.37. The summed E-state index contributed by atoms with van der Waals surface area (Å²) in [5, 5.41) is 10.8. The number of nitrogens with one attached hydrogen (secondary N) is 3. The SMILES string of the molecule is CC(C)(C)S(=O)NC1(c2ccc(-n3ccc(NC(=O)N[C@H]4CCOc5c(Cl)cccc54)n3)cc2)COC1. The molecule has 0 radical (unpaired) electrons. The molecule has 9 nitrogen and oxygen atoms in total. The maximum Gasteiger partial charge on any atom is 0.320 e. The Bertz CT molecular complexity index is 1320. The minimum Gasteiger partial charge on any atom is -0.492 e. The monoisotopic (exact) mass is 543 g/mol. The molecular formula is C26H30ClN5O4S. The number of carbonyl (C=O) groups is 1. The van der Waals surface area contributed by atoms with Crippen LogP contribution in [-0.4, -0.2) is 44.6 Å². The second-order valence-corrected chi connectivity index (χ2v) is 12.6. The number of nitrogens with zero attached hydrogens (tertiary/aromatic N) is 2. The molecule has 3 aromatic rings. The van der Waals surface area contributed by atoms with Gasteiger partial charge in [0.15, 0.2) is 5.82 Å². The van der Waals surface area contributed by atoms with Crippen molar-refractivity contribution >= 4 is 34.4 Å². The molecule has 0 spiro atoms. The molecule has 3 N–H and O–H groups in total. The Labute approximate surface area is 223 Å². The number of benzene rings is 2. The number of aromatic nitrogens is 2. The van der Waals surface area contributed by atoms with Gasteiger partial charge >= 0.3 is 6.03 Å². The topological polar surface area (TPSA) is 107 Å². The number of anilines is 1.